The highest BCUT2D eigenvalue weighted by atomic mass is 32.2. The predicted molar refractivity (Wildman–Crippen MR) is 50.9 cm³/mol. The van der Waals surface area contributed by atoms with Crippen LogP contribution in [0.4, 0.5) is 0 Å². The van der Waals surface area contributed by atoms with Crippen molar-refractivity contribution in [2.45, 2.75) is 30.9 Å². The lowest BCUT2D eigenvalue weighted by Crippen LogP contribution is -2.41. The molecule has 1 fully saturated rings. The number of primary sulfonamides is 1. The lowest BCUT2D eigenvalue weighted by atomic mass is 9.89. The number of rotatable bonds is 2. The summed E-state index contributed by atoms with van der Waals surface area (Å²) in [6.45, 7) is 0. The van der Waals surface area contributed by atoms with Crippen molar-refractivity contribution in [2.24, 2.45) is 11.1 Å². The summed E-state index contributed by atoms with van der Waals surface area (Å²) in [4.78, 5) is 11.3. The van der Waals surface area contributed by atoms with Crippen LogP contribution < -0.4 is 5.14 Å². The number of sulfonamides is 1. The van der Waals surface area contributed by atoms with Crippen LogP contribution in [0.25, 0.3) is 0 Å². The molecule has 0 saturated heterocycles. The third-order valence-corrected chi connectivity index (χ3v) is 4.04. The van der Waals surface area contributed by atoms with Gasteiger partial charge in [0.2, 0.25) is 10.0 Å². The van der Waals surface area contributed by atoms with E-state index in [9.17, 15) is 13.2 Å². The van der Waals surface area contributed by atoms with E-state index in [1.807, 2.05) is 0 Å². The normalized spacial score (nSPS) is 28.4. The Labute approximate surface area is 83.7 Å². The molecular formula is C8H15NO4S. The van der Waals surface area contributed by atoms with Crippen molar-refractivity contribution in [3.63, 3.8) is 0 Å². The molecule has 14 heavy (non-hydrogen) atoms. The molecule has 1 aliphatic carbocycles. The largest absolute Gasteiger partial charge is 0.469 e. The molecule has 0 heterocycles. The minimum atomic E-state index is -3.63. The number of hydrogen-bond donors (Lipinski definition) is 1. The first-order chi connectivity index (χ1) is 6.46. The fourth-order valence-corrected chi connectivity index (χ4v) is 3.11. The van der Waals surface area contributed by atoms with Crippen LogP contribution in [-0.2, 0) is 19.6 Å². The van der Waals surface area contributed by atoms with Crippen molar-refractivity contribution < 1.29 is 17.9 Å². The second-order valence-corrected chi connectivity index (χ2v) is 5.33. The lowest BCUT2D eigenvalue weighted by molar-refractivity contribution is -0.146. The van der Waals surface area contributed by atoms with Gasteiger partial charge in [0.15, 0.2) is 0 Å². The first-order valence-corrected chi connectivity index (χ1v) is 6.17. The topological polar surface area (TPSA) is 86.5 Å². The SMILES string of the molecule is COC(=O)[C@H]1CCCC[C@H]1S(N)(=O)=O. The highest BCUT2D eigenvalue weighted by molar-refractivity contribution is 7.89. The van der Waals surface area contributed by atoms with Gasteiger partial charge in [0.05, 0.1) is 18.3 Å². The zero-order valence-electron chi connectivity index (χ0n) is 8.10. The minimum Gasteiger partial charge on any atom is -0.469 e. The average Bonchev–Trinajstić information content (AvgIpc) is 2.15. The highest BCUT2D eigenvalue weighted by Gasteiger charge is 2.38. The van der Waals surface area contributed by atoms with Gasteiger partial charge in [-0.3, -0.25) is 4.79 Å². The summed E-state index contributed by atoms with van der Waals surface area (Å²) >= 11 is 0. The Hall–Kier alpha value is -0.620. The van der Waals surface area contributed by atoms with E-state index in [0.717, 1.165) is 12.8 Å². The van der Waals surface area contributed by atoms with Crippen molar-refractivity contribution in [1.29, 1.82) is 0 Å². The molecule has 0 aliphatic heterocycles. The molecule has 5 nitrogen and oxygen atoms in total. The van der Waals surface area contributed by atoms with Crippen LogP contribution in [0.15, 0.2) is 0 Å². The Morgan fingerprint density at radius 1 is 1.36 bits per heavy atom. The molecule has 0 spiro atoms. The third kappa shape index (κ3) is 2.45. The van der Waals surface area contributed by atoms with Crippen LogP contribution in [0.1, 0.15) is 25.7 Å². The van der Waals surface area contributed by atoms with Crippen molar-refractivity contribution in [3.05, 3.63) is 0 Å². The summed E-state index contributed by atoms with van der Waals surface area (Å²) in [6, 6.07) is 0. The van der Waals surface area contributed by atoms with Gasteiger partial charge in [0.1, 0.15) is 0 Å². The van der Waals surface area contributed by atoms with E-state index in [0.29, 0.717) is 12.8 Å². The number of hydrogen-bond acceptors (Lipinski definition) is 4. The molecule has 0 aromatic carbocycles. The van der Waals surface area contributed by atoms with Crippen LogP contribution in [0.5, 0.6) is 0 Å². The third-order valence-electron chi connectivity index (χ3n) is 2.63. The number of ether oxygens (including phenoxy) is 1. The summed E-state index contributed by atoms with van der Waals surface area (Å²) < 4.78 is 26.9. The Balaban J connectivity index is 2.85. The molecular weight excluding hydrogens is 206 g/mol. The molecule has 0 aromatic rings. The number of esters is 1. The van der Waals surface area contributed by atoms with Gasteiger partial charge in [-0.15, -0.1) is 0 Å². The minimum absolute atomic E-state index is 0.457. The number of methoxy groups -OCH3 is 1. The molecule has 6 heteroatoms. The maximum Gasteiger partial charge on any atom is 0.310 e. The lowest BCUT2D eigenvalue weighted by Gasteiger charge is -2.27. The van der Waals surface area contributed by atoms with Crippen LogP contribution in [0.2, 0.25) is 0 Å². The molecule has 0 radical (unpaired) electrons. The molecule has 1 aliphatic rings. The first-order valence-electron chi connectivity index (χ1n) is 4.56. The Kier molecular flexibility index (Phi) is 3.49. The zero-order chi connectivity index (χ0) is 10.8. The van der Waals surface area contributed by atoms with Crippen LogP contribution >= 0.6 is 0 Å². The summed E-state index contributed by atoms with van der Waals surface area (Å²) in [5, 5.41) is 4.30. The molecule has 0 amide bonds. The first kappa shape index (κ1) is 11.5. The van der Waals surface area contributed by atoms with Crippen molar-refractivity contribution in [3.8, 4) is 0 Å². The summed E-state index contributed by atoms with van der Waals surface area (Å²) in [5.41, 5.74) is 0. The number of carbonyl (C=O) groups excluding carboxylic acids is 1. The maximum absolute atomic E-state index is 11.3. The van der Waals surface area contributed by atoms with Gasteiger partial charge in [0, 0.05) is 0 Å². The Bertz CT molecular complexity index is 311. The average molecular weight is 221 g/mol. The number of carbonyl (C=O) groups is 1. The molecule has 2 N–H and O–H groups in total. The quantitative estimate of drug-likeness (QED) is 0.665. The highest BCUT2D eigenvalue weighted by Crippen LogP contribution is 2.29. The maximum atomic E-state index is 11.3. The zero-order valence-corrected chi connectivity index (χ0v) is 8.92. The van der Waals surface area contributed by atoms with Gasteiger partial charge in [-0.2, -0.15) is 0 Å². The molecule has 1 rings (SSSR count). The standard InChI is InChI=1S/C8H15NO4S/c1-13-8(10)6-4-2-3-5-7(6)14(9,11)12/h6-7H,2-5H2,1H3,(H2,9,11,12)/t6-,7+/m0/s1. The van der Waals surface area contributed by atoms with E-state index in [4.69, 9.17) is 5.14 Å². The van der Waals surface area contributed by atoms with Gasteiger partial charge in [-0.25, -0.2) is 13.6 Å². The predicted octanol–water partition coefficient (Wildman–Crippen LogP) is 0.00670. The fraction of sp³-hybridized carbons (Fsp3) is 0.875. The van der Waals surface area contributed by atoms with E-state index in [-0.39, 0.29) is 0 Å². The van der Waals surface area contributed by atoms with E-state index in [1.54, 1.807) is 0 Å². The van der Waals surface area contributed by atoms with E-state index >= 15 is 0 Å². The van der Waals surface area contributed by atoms with Gasteiger partial charge < -0.3 is 4.74 Å². The van der Waals surface area contributed by atoms with E-state index in [1.165, 1.54) is 7.11 Å². The van der Waals surface area contributed by atoms with Crippen LogP contribution in [0.3, 0.4) is 0 Å². The monoisotopic (exact) mass is 221 g/mol. The summed E-state index contributed by atoms with van der Waals surface area (Å²) in [7, 11) is -2.37. The second-order valence-electron chi connectivity index (χ2n) is 3.54. The Morgan fingerprint density at radius 3 is 2.43 bits per heavy atom. The van der Waals surface area contributed by atoms with Crippen LogP contribution in [0, 0.1) is 5.92 Å². The van der Waals surface area contributed by atoms with Crippen molar-refractivity contribution >= 4 is 16.0 Å². The van der Waals surface area contributed by atoms with Gasteiger partial charge in [-0.05, 0) is 12.8 Å². The van der Waals surface area contributed by atoms with Crippen LogP contribution in [-0.4, -0.2) is 26.7 Å². The summed E-state index contributed by atoms with van der Waals surface area (Å²) in [5.74, 6) is -1.05. The molecule has 2 atom stereocenters. The smallest absolute Gasteiger partial charge is 0.310 e. The summed E-state index contributed by atoms with van der Waals surface area (Å²) in [6.07, 6.45) is 2.66. The molecule has 0 bridgehead atoms. The Morgan fingerprint density at radius 2 is 1.93 bits per heavy atom. The van der Waals surface area contributed by atoms with E-state index < -0.39 is 27.2 Å². The van der Waals surface area contributed by atoms with E-state index in [2.05, 4.69) is 4.74 Å². The van der Waals surface area contributed by atoms with Gasteiger partial charge >= 0.3 is 5.97 Å². The molecule has 82 valence electrons. The van der Waals surface area contributed by atoms with Crippen molar-refractivity contribution in [2.75, 3.05) is 7.11 Å². The fourth-order valence-electron chi connectivity index (χ4n) is 1.91. The second kappa shape index (κ2) is 4.27. The van der Waals surface area contributed by atoms with Gasteiger partial charge in [-0.1, -0.05) is 12.8 Å². The molecule has 1 saturated carbocycles. The van der Waals surface area contributed by atoms with Crippen molar-refractivity contribution in [1.82, 2.24) is 0 Å². The molecule has 0 aromatic heterocycles. The van der Waals surface area contributed by atoms with Gasteiger partial charge in [0.25, 0.3) is 0 Å². The molecule has 0 unspecified atom stereocenters. The number of nitrogens with two attached hydrogens (primary N) is 1.